The van der Waals surface area contributed by atoms with Gasteiger partial charge >= 0.3 is 18.1 Å². The third-order valence-corrected chi connectivity index (χ3v) is 8.88. The van der Waals surface area contributed by atoms with Crippen LogP contribution in [0.4, 0.5) is 13.2 Å². The van der Waals surface area contributed by atoms with E-state index in [9.17, 15) is 27.6 Å². The number of carbonyl (C=O) groups excluding carboxylic acids is 3. The van der Waals surface area contributed by atoms with Crippen LogP contribution in [-0.4, -0.2) is 30.0 Å². The van der Waals surface area contributed by atoms with E-state index in [1.54, 1.807) is 0 Å². The summed E-state index contributed by atoms with van der Waals surface area (Å²) < 4.78 is 51.4. The zero-order valence-electron chi connectivity index (χ0n) is 19.5. The Bertz CT molecular complexity index is 948. The molecule has 0 N–H and O–H groups in total. The molecule has 3 saturated carbocycles. The first-order valence-electron chi connectivity index (χ1n) is 11.7. The van der Waals surface area contributed by atoms with Crippen LogP contribution in [-0.2, 0) is 23.9 Å². The van der Waals surface area contributed by atoms with Crippen molar-refractivity contribution in [1.82, 2.24) is 0 Å². The van der Waals surface area contributed by atoms with Gasteiger partial charge in [0.15, 0.2) is 5.78 Å². The summed E-state index contributed by atoms with van der Waals surface area (Å²) in [4.78, 5) is 35.7. The largest absolute Gasteiger partial charge is 0.462 e. The fourth-order valence-corrected chi connectivity index (χ4v) is 7.48. The second-order valence-electron chi connectivity index (χ2n) is 10.7. The Labute approximate surface area is 191 Å². The van der Waals surface area contributed by atoms with E-state index in [2.05, 4.69) is 11.7 Å². The molecule has 182 valence electrons. The van der Waals surface area contributed by atoms with Crippen molar-refractivity contribution >= 4 is 17.7 Å². The van der Waals surface area contributed by atoms with Gasteiger partial charge in [0.1, 0.15) is 6.10 Å². The van der Waals surface area contributed by atoms with Crippen LogP contribution in [0.3, 0.4) is 0 Å². The lowest BCUT2D eigenvalue weighted by Gasteiger charge is -2.58. The second kappa shape index (κ2) is 7.98. The van der Waals surface area contributed by atoms with Crippen LogP contribution in [0.2, 0.25) is 0 Å². The fourth-order valence-electron chi connectivity index (χ4n) is 7.48. The first kappa shape index (κ1) is 24.0. The molecule has 6 atom stereocenters. The summed E-state index contributed by atoms with van der Waals surface area (Å²) in [6, 6.07) is 0. The van der Waals surface area contributed by atoms with E-state index in [0.717, 1.165) is 44.6 Å². The highest BCUT2D eigenvalue weighted by molar-refractivity contribution is 6.06. The highest BCUT2D eigenvalue weighted by atomic mass is 19.4. The highest BCUT2D eigenvalue weighted by Crippen LogP contribution is 2.66. The smallest absolute Gasteiger partial charge is 0.450 e. The second-order valence-corrected chi connectivity index (χ2v) is 10.7. The molecule has 0 saturated heterocycles. The molecule has 3 fully saturated rings. The number of carbonyl (C=O) groups is 3. The van der Waals surface area contributed by atoms with Gasteiger partial charge < -0.3 is 9.47 Å². The van der Waals surface area contributed by atoms with Crippen LogP contribution in [0.25, 0.3) is 0 Å². The van der Waals surface area contributed by atoms with Crippen LogP contribution in [0, 0.1) is 28.6 Å². The maximum atomic E-state index is 13.7. The number of rotatable bonds is 2. The standard InChI is InChI=1S/C25H31F3O5/c1-13(29)32-21-8-7-18-16-6-5-15-11-20(31)17(22(25(26,27)28)33-14(2)30)12-24(15,4)19(16)9-10-23(18,21)3/h11,16,18-19,21H,5-10,12H2,1-4H3/b22-17+/t16-,18-,19-,21+,23-,24-/m0/s1. The Hall–Kier alpha value is -2.12. The number of allylic oxidation sites excluding steroid dienone is 3. The zero-order chi connectivity index (χ0) is 24.3. The molecule has 0 aliphatic heterocycles. The molecule has 0 spiro atoms. The SMILES string of the molecule is CC(=O)O/C(=C1\C[C@@]2(C)C(=CC1=O)CC[C@H]1[C@@H]3CC[C@@H](OC(C)=O)[C@@]3(C)CC[C@@H]12)C(F)(F)F. The van der Waals surface area contributed by atoms with Crippen molar-refractivity contribution in [2.45, 2.75) is 84.9 Å². The number of ether oxygens (including phenoxy) is 2. The van der Waals surface area contributed by atoms with E-state index in [1.807, 2.05) is 6.92 Å². The first-order valence-corrected chi connectivity index (χ1v) is 11.7. The Morgan fingerprint density at radius 1 is 1.03 bits per heavy atom. The molecule has 4 aliphatic carbocycles. The summed E-state index contributed by atoms with van der Waals surface area (Å²) in [5.41, 5.74) is -0.298. The van der Waals surface area contributed by atoms with Gasteiger partial charge in [0.25, 0.3) is 0 Å². The fraction of sp³-hybridized carbons (Fsp3) is 0.720. The van der Waals surface area contributed by atoms with E-state index in [4.69, 9.17) is 4.74 Å². The third kappa shape index (κ3) is 3.93. The lowest BCUT2D eigenvalue weighted by atomic mass is 9.47. The Kier molecular flexibility index (Phi) is 5.81. The first-order chi connectivity index (χ1) is 15.3. The number of hydrogen-bond acceptors (Lipinski definition) is 5. The third-order valence-electron chi connectivity index (χ3n) is 8.88. The summed E-state index contributed by atoms with van der Waals surface area (Å²) in [6.45, 7) is 6.47. The lowest BCUT2D eigenvalue weighted by molar-refractivity contribution is -0.159. The van der Waals surface area contributed by atoms with Gasteiger partial charge in [0.05, 0.1) is 0 Å². The Balaban J connectivity index is 1.70. The van der Waals surface area contributed by atoms with E-state index in [-0.39, 0.29) is 35.7 Å². The average Bonchev–Trinajstić information content (AvgIpc) is 3.01. The number of hydrogen-bond donors (Lipinski definition) is 0. The van der Waals surface area contributed by atoms with Crippen molar-refractivity contribution < 1.29 is 37.0 Å². The number of alkyl halides is 3. The molecule has 33 heavy (non-hydrogen) atoms. The summed E-state index contributed by atoms with van der Waals surface area (Å²) >= 11 is 0. The van der Waals surface area contributed by atoms with Gasteiger partial charge in [-0.05, 0) is 74.2 Å². The number of esters is 2. The molecule has 5 nitrogen and oxygen atoms in total. The topological polar surface area (TPSA) is 69.7 Å². The molecular weight excluding hydrogens is 437 g/mol. The lowest BCUT2D eigenvalue weighted by Crippen LogP contribution is -2.52. The molecule has 8 heteroatoms. The molecule has 0 aromatic rings. The minimum Gasteiger partial charge on any atom is -0.462 e. The summed E-state index contributed by atoms with van der Waals surface area (Å²) in [6.07, 6.45) is 1.09. The highest BCUT2D eigenvalue weighted by Gasteiger charge is 2.60. The zero-order valence-corrected chi connectivity index (χ0v) is 19.5. The quantitative estimate of drug-likeness (QED) is 0.307. The summed E-state index contributed by atoms with van der Waals surface area (Å²) in [7, 11) is 0. The Morgan fingerprint density at radius 3 is 2.33 bits per heavy atom. The van der Waals surface area contributed by atoms with Gasteiger partial charge in [-0.15, -0.1) is 0 Å². The maximum absolute atomic E-state index is 13.7. The van der Waals surface area contributed by atoms with Crippen LogP contribution in [0.1, 0.15) is 72.6 Å². The van der Waals surface area contributed by atoms with E-state index < -0.39 is 34.7 Å². The van der Waals surface area contributed by atoms with Crippen molar-refractivity contribution in [1.29, 1.82) is 0 Å². The molecule has 0 aromatic carbocycles. The van der Waals surface area contributed by atoms with Crippen molar-refractivity contribution in [2.24, 2.45) is 28.6 Å². The molecule has 4 rings (SSSR count). The summed E-state index contributed by atoms with van der Waals surface area (Å²) in [5, 5.41) is 0. The van der Waals surface area contributed by atoms with Gasteiger partial charge in [0.2, 0.25) is 5.76 Å². The molecule has 0 bridgehead atoms. The molecule has 4 aliphatic rings. The predicted molar refractivity (Wildman–Crippen MR) is 112 cm³/mol. The number of fused-ring (bicyclic) bond motifs is 5. The van der Waals surface area contributed by atoms with E-state index >= 15 is 0 Å². The number of halogens is 3. The van der Waals surface area contributed by atoms with Gasteiger partial charge in [-0.25, -0.2) is 0 Å². The minimum atomic E-state index is -4.93. The Morgan fingerprint density at radius 2 is 1.73 bits per heavy atom. The summed E-state index contributed by atoms with van der Waals surface area (Å²) in [5.74, 6) is -2.86. The van der Waals surface area contributed by atoms with Gasteiger partial charge in [-0.2, -0.15) is 13.2 Å². The van der Waals surface area contributed by atoms with Crippen molar-refractivity contribution in [2.75, 3.05) is 0 Å². The minimum absolute atomic E-state index is 0.0856. The molecule has 0 unspecified atom stereocenters. The average molecular weight is 469 g/mol. The molecular formula is C25H31F3O5. The predicted octanol–water partition coefficient (Wildman–Crippen LogP) is 5.44. The van der Waals surface area contributed by atoms with Crippen molar-refractivity contribution in [3.05, 3.63) is 23.0 Å². The normalized spacial score (nSPS) is 39.6. The van der Waals surface area contributed by atoms with Crippen LogP contribution in [0.15, 0.2) is 23.0 Å². The molecule has 0 aromatic heterocycles. The van der Waals surface area contributed by atoms with Gasteiger partial charge in [-0.1, -0.05) is 19.4 Å². The molecule has 0 heterocycles. The van der Waals surface area contributed by atoms with Crippen molar-refractivity contribution in [3.8, 4) is 0 Å². The van der Waals surface area contributed by atoms with Crippen LogP contribution >= 0.6 is 0 Å². The maximum Gasteiger partial charge on any atom is 0.450 e. The van der Waals surface area contributed by atoms with E-state index in [1.165, 1.54) is 13.0 Å². The van der Waals surface area contributed by atoms with Gasteiger partial charge in [-0.3, -0.25) is 14.4 Å². The molecule has 0 amide bonds. The van der Waals surface area contributed by atoms with Crippen LogP contribution in [0.5, 0.6) is 0 Å². The molecule has 0 radical (unpaired) electrons. The van der Waals surface area contributed by atoms with Crippen LogP contribution < -0.4 is 0 Å². The van der Waals surface area contributed by atoms with E-state index in [0.29, 0.717) is 12.3 Å². The van der Waals surface area contributed by atoms with Gasteiger partial charge in [0, 0.05) is 24.8 Å². The van der Waals surface area contributed by atoms with Crippen molar-refractivity contribution in [3.63, 3.8) is 0 Å². The monoisotopic (exact) mass is 468 g/mol. The number of ketones is 1.